The Hall–Kier alpha value is -1.39. The number of hydrogen-bond acceptors (Lipinski definition) is 3. The number of aryl methyl sites for hydroxylation is 1. The Bertz CT molecular complexity index is 335. The summed E-state index contributed by atoms with van der Waals surface area (Å²) in [5.41, 5.74) is 7.52. The molecule has 4 N–H and O–H groups in total. The van der Waals surface area contributed by atoms with Crippen molar-refractivity contribution in [1.82, 2.24) is 5.32 Å². The first-order chi connectivity index (χ1) is 8.22. The fourth-order valence-corrected chi connectivity index (χ4v) is 1.60. The lowest BCUT2D eigenvalue weighted by Crippen LogP contribution is -2.23. The minimum absolute atomic E-state index is 0.0382. The SMILES string of the molecule is CC(=O)Nc1ccc(CCCNCCN)cc1. The van der Waals surface area contributed by atoms with Crippen LogP contribution in [-0.4, -0.2) is 25.5 Å². The van der Waals surface area contributed by atoms with Gasteiger partial charge in [-0.3, -0.25) is 4.79 Å². The second kappa shape index (κ2) is 7.81. The molecule has 0 saturated carbocycles. The Labute approximate surface area is 103 Å². The third-order valence-corrected chi connectivity index (χ3v) is 2.41. The molecule has 0 aliphatic heterocycles. The lowest BCUT2D eigenvalue weighted by molar-refractivity contribution is -0.114. The second-order valence-corrected chi connectivity index (χ2v) is 4.02. The molecule has 1 aromatic carbocycles. The van der Waals surface area contributed by atoms with Crippen molar-refractivity contribution in [1.29, 1.82) is 0 Å². The Morgan fingerprint density at radius 2 is 1.94 bits per heavy atom. The minimum Gasteiger partial charge on any atom is -0.329 e. The maximum Gasteiger partial charge on any atom is 0.221 e. The highest BCUT2D eigenvalue weighted by Crippen LogP contribution is 2.10. The summed E-state index contributed by atoms with van der Waals surface area (Å²) in [6.45, 7) is 4.06. The Morgan fingerprint density at radius 1 is 1.24 bits per heavy atom. The van der Waals surface area contributed by atoms with E-state index in [0.29, 0.717) is 6.54 Å². The lowest BCUT2D eigenvalue weighted by Gasteiger charge is -2.05. The predicted octanol–water partition coefficient (Wildman–Crippen LogP) is 1.13. The number of amides is 1. The highest BCUT2D eigenvalue weighted by molar-refractivity contribution is 5.88. The third kappa shape index (κ3) is 6.04. The van der Waals surface area contributed by atoms with Gasteiger partial charge in [0.05, 0.1) is 0 Å². The van der Waals surface area contributed by atoms with Crippen molar-refractivity contribution >= 4 is 11.6 Å². The van der Waals surface area contributed by atoms with Crippen LogP contribution in [0.1, 0.15) is 18.9 Å². The molecule has 4 nitrogen and oxygen atoms in total. The van der Waals surface area contributed by atoms with Gasteiger partial charge in [-0.1, -0.05) is 12.1 Å². The van der Waals surface area contributed by atoms with Crippen LogP contribution in [-0.2, 0) is 11.2 Å². The van der Waals surface area contributed by atoms with E-state index in [9.17, 15) is 4.79 Å². The van der Waals surface area contributed by atoms with Crippen LogP contribution in [0.15, 0.2) is 24.3 Å². The summed E-state index contributed by atoms with van der Waals surface area (Å²) < 4.78 is 0. The number of carbonyl (C=O) groups excluding carboxylic acids is 1. The summed E-state index contributed by atoms with van der Waals surface area (Å²) in [6.07, 6.45) is 2.14. The Morgan fingerprint density at radius 3 is 2.53 bits per heavy atom. The van der Waals surface area contributed by atoms with Crippen LogP contribution in [0.2, 0.25) is 0 Å². The summed E-state index contributed by atoms with van der Waals surface area (Å²) in [5.74, 6) is -0.0382. The molecule has 0 bridgehead atoms. The third-order valence-electron chi connectivity index (χ3n) is 2.41. The molecule has 0 aliphatic carbocycles. The summed E-state index contributed by atoms with van der Waals surface area (Å²) in [6, 6.07) is 7.97. The molecular weight excluding hydrogens is 214 g/mol. The zero-order valence-corrected chi connectivity index (χ0v) is 10.3. The fourth-order valence-electron chi connectivity index (χ4n) is 1.60. The van der Waals surface area contributed by atoms with E-state index in [-0.39, 0.29) is 5.91 Å². The molecule has 0 heterocycles. The predicted molar refractivity (Wildman–Crippen MR) is 71.0 cm³/mol. The van der Waals surface area contributed by atoms with E-state index in [4.69, 9.17) is 5.73 Å². The molecule has 0 atom stereocenters. The van der Waals surface area contributed by atoms with Gasteiger partial charge in [-0.2, -0.15) is 0 Å². The number of nitrogens with two attached hydrogens (primary N) is 1. The highest BCUT2D eigenvalue weighted by atomic mass is 16.1. The van der Waals surface area contributed by atoms with Gasteiger partial charge in [0.25, 0.3) is 0 Å². The van der Waals surface area contributed by atoms with Crippen molar-refractivity contribution in [2.24, 2.45) is 5.73 Å². The molecule has 1 aromatic rings. The number of carbonyl (C=O) groups is 1. The molecule has 0 spiro atoms. The first-order valence-corrected chi connectivity index (χ1v) is 5.99. The van der Waals surface area contributed by atoms with Crippen molar-refractivity contribution in [2.75, 3.05) is 25.0 Å². The number of anilines is 1. The topological polar surface area (TPSA) is 67.2 Å². The first-order valence-electron chi connectivity index (χ1n) is 5.99. The second-order valence-electron chi connectivity index (χ2n) is 4.02. The standard InChI is InChI=1S/C13H21N3O/c1-11(17)16-13-6-4-12(5-7-13)3-2-9-15-10-8-14/h4-7,15H,2-3,8-10,14H2,1H3,(H,16,17). The number of hydrogen-bond donors (Lipinski definition) is 3. The normalized spacial score (nSPS) is 10.2. The van der Waals surface area contributed by atoms with Crippen LogP contribution in [0.4, 0.5) is 5.69 Å². The molecule has 94 valence electrons. The van der Waals surface area contributed by atoms with E-state index < -0.39 is 0 Å². The van der Waals surface area contributed by atoms with E-state index in [1.54, 1.807) is 0 Å². The molecule has 17 heavy (non-hydrogen) atoms. The molecule has 4 heteroatoms. The van der Waals surface area contributed by atoms with Crippen molar-refractivity contribution in [3.63, 3.8) is 0 Å². The largest absolute Gasteiger partial charge is 0.329 e. The van der Waals surface area contributed by atoms with E-state index in [1.165, 1.54) is 12.5 Å². The van der Waals surface area contributed by atoms with E-state index >= 15 is 0 Å². The highest BCUT2D eigenvalue weighted by Gasteiger charge is 1.96. The number of benzene rings is 1. The molecule has 1 amide bonds. The molecule has 0 aromatic heterocycles. The molecule has 0 unspecified atom stereocenters. The zero-order valence-electron chi connectivity index (χ0n) is 10.3. The fraction of sp³-hybridized carbons (Fsp3) is 0.462. The Balaban J connectivity index is 2.28. The average Bonchev–Trinajstić information content (AvgIpc) is 2.30. The maximum absolute atomic E-state index is 10.8. The summed E-state index contributed by atoms with van der Waals surface area (Å²) in [4.78, 5) is 10.8. The summed E-state index contributed by atoms with van der Waals surface area (Å²) in [7, 11) is 0. The zero-order chi connectivity index (χ0) is 12.5. The van der Waals surface area contributed by atoms with Gasteiger partial charge >= 0.3 is 0 Å². The van der Waals surface area contributed by atoms with Crippen LogP contribution in [0.25, 0.3) is 0 Å². The van der Waals surface area contributed by atoms with Crippen LogP contribution in [0, 0.1) is 0 Å². The van der Waals surface area contributed by atoms with Gasteiger partial charge in [0, 0.05) is 25.7 Å². The van der Waals surface area contributed by atoms with Gasteiger partial charge in [0.1, 0.15) is 0 Å². The van der Waals surface area contributed by atoms with Crippen LogP contribution in [0.3, 0.4) is 0 Å². The molecule has 0 radical (unpaired) electrons. The summed E-state index contributed by atoms with van der Waals surface area (Å²) in [5, 5.41) is 6.01. The molecule has 1 rings (SSSR count). The van der Waals surface area contributed by atoms with Crippen molar-refractivity contribution in [3.8, 4) is 0 Å². The molecule has 0 aliphatic rings. The molecule has 0 fully saturated rings. The van der Waals surface area contributed by atoms with Crippen molar-refractivity contribution in [3.05, 3.63) is 29.8 Å². The van der Waals surface area contributed by atoms with E-state index in [1.807, 2.05) is 24.3 Å². The van der Waals surface area contributed by atoms with Crippen LogP contribution in [0.5, 0.6) is 0 Å². The van der Waals surface area contributed by atoms with E-state index in [2.05, 4.69) is 10.6 Å². The van der Waals surface area contributed by atoms with Gasteiger partial charge in [-0.25, -0.2) is 0 Å². The van der Waals surface area contributed by atoms with Crippen molar-refractivity contribution in [2.45, 2.75) is 19.8 Å². The van der Waals surface area contributed by atoms with Crippen molar-refractivity contribution < 1.29 is 4.79 Å². The van der Waals surface area contributed by atoms with Gasteiger partial charge in [-0.15, -0.1) is 0 Å². The van der Waals surface area contributed by atoms with Gasteiger partial charge < -0.3 is 16.4 Å². The average molecular weight is 235 g/mol. The number of rotatable bonds is 7. The Kier molecular flexibility index (Phi) is 6.29. The summed E-state index contributed by atoms with van der Waals surface area (Å²) >= 11 is 0. The lowest BCUT2D eigenvalue weighted by atomic mass is 10.1. The smallest absolute Gasteiger partial charge is 0.221 e. The quantitative estimate of drug-likeness (QED) is 0.621. The van der Waals surface area contributed by atoms with Gasteiger partial charge in [0.15, 0.2) is 0 Å². The van der Waals surface area contributed by atoms with Gasteiger partial charge in [0.2, 0.25) is 5.91 Å². The van der Waals surface area contributed by atoms with Crippen LogP contribution >= 0.6 is 0 Å². The molecule has 0 saturated heterocycles. The monoisotopic (exact) mass is 235 g/mol. The maximum atomic E-state index is 10.8. The minimum atomic E-state index is -0.0382. The number of nitrogens with one attached hydrogen (secondary N) is 2. The van der Waals surface area contributed by atoms with Gasteiger partial charge in [-0.05, 0) is 37.1 Å². The van der Waals surface area contributed by atoms with E-state index in [0.717, 1.165) is 31.6 Å². The van der Waals surface area contributed by atoms with Crippen LogP contribution < -0.4 is 16.4 Å². The molecular formula is C13H21N3O. The first kappa shape index (κ1) is 13.7.